The van der Waals surface area contributed by atoms with Crippen LogP contribution in [0.2, 0.25) is 0 Å². The van der Waals surface area contributed by atoms with Gasteiger partial charge in [-0.25, -0.2) is 9.37 Å². The van der Waals surface area contributed by atoms with Gasteiger partial charge in [-0.1, -0.05) is 6.07 Å². The second kappa shape index (κ2) is 5.84. The summed E-state index contributed by atoms with van der Waals surface area (Å²) in [5, 5.41) is 2.03. The number of imidazole rings is 1. The first-order valence-electron chi connectivity index (χ1n) is 6.11. The minimum Gasteiger partial charge on any atom is -0.323 e. The molecule has 2 heterocycles. The van der Waals surface area contributed by atoms with Crippen molar-refractivity contribution < 1.29 is 4.39 Å². The van der Waals surface area contributed by atoms with Crippen molar-refractivity contribution in [2.75, 3.05) is 5.88 Å². The summed E-state index contributed by atoms with van der Waals surface area (Å²) in [6, 6.07) is 7.32. The van der Waals surface area contributed by atoms with Crippen molar-refractivity contribution in [3.05, 3.63) is 50.6 Å². The number of aryl methyl sites for hydroxylation is 1. The van der Waals surface area contributed by atoms with E-state index in [-0.39, 0.29) is 5.82 Å². The van der Waals surface area contributed by atoms with E-state index in [9.17, 15) is 4.39 Å². The first kappa shape index (κ1) is 14.0. The van der Waals surface area contributed by atoms with Crippen molar-refractivity contribution in [2.24, 2.45) is 0 Å². The summed E-state index contributed by atoms with van der Waals surface area (Å²) in [6.45, 7) is 0.696. The Balaban J connectivity index is 2.15. The van der Waals surface area contributed by atoms with Gasteiger partial charge in [-0.2, -0.15) is 0 Å². The quantitative estimate of drug-likeness (QED) is 0.599. The number of benzene rings is 1. The summed E-state index contributed by atoms with van der Waals surface area (Å²) >= 11 is 10.7. The molecule has 0 aliphatic heterocycles. The lowest BCUT2D eigenvalue weighted by Gasteiger charge is -2.07. The molecule has 0 spiro atoms. The predicted octanol–water partition coefficient (Wildman–Crippen LogP) is 4.83. The molecule has 0 saturated heterocycles. The maximum absolute atomic E-state index is 13.8. The maximum atomic E-state index is 13.8. The Bertz CT molecular complexity index is 739. The van der Waals surface area contributed by atoms with Crippen LogP contribution in [0.3, 0.4) is 0 Å². The lowest BCUT2D eigenvalue weighted by atomic mass is 10.3. The van der Waals surface area contributed by atoms with Gasteiger partial charge < -0.3 is 4.57 Å². The minimum atomic E-state index is -0.276. The molecule has 0 amide bonds. The molecule has 6 heteroatoms. The van der Waals surface area contributed by atoms with Gasteiger partial charge >= 0.3 is 0 Å². The second-order valence-electron chi connectivity index (χ2n) is 4.39. The number of thiophene rings is 1. The molecule has 0 aliphatic rings. The number of hydrogen-bond acceptors (Lipinski definition) is 2. The van der Waals surface area contributed by atoms with Crippen LogP contribution < -0.4 is 0 Å². The number of nitrogens with zero attached hydrogens (tertiary/aromatic N) is 2. The van der Waals surface area contributed by atoms with Crippen LogP contribution in [0.15, 0.2) is 34.1 Å². The molecule has 0 bridgehead atoms. The SMILES string of the molecule is Fc1cc2c(cc1Br)nc(CCCl)n2Cc1cccs1. The van der Waals surface area contributed by atoms with Gasteiger partial charge in [-0.05, 0) is 33.4 Å². The molecular weight excluding hydrogens is 363 g/mol. The third-order valence-corrected chi connectivity index (χ3v) is 4.74. The Kier molecular flexibility index (Phi) is 4.10. The van der Waals surface area contributed by atoms with E-state index < -0.39 is 0 Å². The van der Waals surface area contributed by atoms with Gasteiger partial charge in [0.05, 0.1) is 22.1 Å². The molecule has 3 aromatic rings. The van der Waals surface area contributed by atoms with Crippen molar-refractivity contribution in [1.82, 2.24) is 9.55 Å². The highest BCUT2D eigenvalue weighted by Gasteiger charge is 2.13. The molecule has 3 rings (SSSR count). The molecule has 0 fully saturated rings. The summed E-state index contributed by atoms with van der Waals surface area (Å²) < 4.78 is 16.3. The molecule has 1 aromatic carbocycles. The fourth-order valence-corrected chi connectivity index (χ4v) is 3.37. The monoisotopic (exact) mass is 372 g/mol. The first-order valence-corrected chi connectivity index (χ1v) is 8.32. The van der Waals surface area contributed by atoms with E-state index in [0.29, 0.717) is 23.3 Å². The zero-order valence-corrected chi connectivity index (χ0v) is 13.6. The zero-order chi connectivity index (χ0) is 14.1. The lowest BCUT2D eigenvalue weighted by Crippen LogP contribution is -2.05. The van der Waals surface area contributed by atoms with Crippen LogP contribution >= 0.6 is 38.9 Å². The molecule has 2 aromatic heterocycles. The van der Waals surface area contributed by atoms with E-state index in [2.05, 4.69) is 27.0 Å². The Morgan fingerprint density at radius 3 is 2.95 bits per heavy atom. The highest BCUT2D eigenvalue weighted by molar-refractivity contribution is 9.10. The first-order chi connectivity index (χ1) is 9.69. The molecule has 104 valence electrons. The third kappa shape index (κ3) is 2.62. The van der Waals surface area contributed by atoms with Gasteiger partial charge in [-0.3, -0.25) is 0 Å². The van der Waals surface area contributed by atoms with Gasteiger partial charge in [0.2, 0.25) is 0 Å². The van der Waals surface area contributed by atoms with Crippen LogP contribution in [0.25, 0.3) is 11.0 Å². The normalized spacial score (nSPS) is 11.3. The summed E-state index contributed by atoms with van der Waals surface area (Å²) in [7, 11) is 0. The number of halogens is 3. The van der Waals surface area contributed by atoms with E-state index in [4.69, 9.17) is 11.6 Å². The van der Waals surface area contributed by atoms with Crippen molar-refractivity contribution >= 4 is 49.9 Å². The minimum absolute atomic E-state index is 0.276. The Morgan fingerprint density at radius 2 is 2.25 bits per heavy atom. The number of alkyl halides is 1. The van der Waals surface area contributed by atoms with Crippen LogP contribution in [0.1, 0.15) is 10.7 Å². The molecule has 0 N–H and O–H groups in total. The highest BCUT2D eigenvalue weighted by atomic mass is 79.9. The zero-order valence-electron chi connectivity index (χ0n) is 10.4. The van der Waals surface area contributed by atoms with Crippen LogP contribution in [-0.4, -0.2) is 15.4 Å². The molecule has 0 atom stereocenters. The molecule has 0 radical (unpaired) electrons. The average molecular weight is 374 g/mol. The topological polar surface area (TPSA) is 17.8 Å². The summed E-state index contributed by atoms with van der Waals surface area (Å²) in [5.41, 5.74) is 1.59. The Morgan fingerprint density at radius 1 is 1.40 bits per heavy atom. The Labute approximate surface area is 133 Å². The van der Waals surface area contributed by atoms with Crippen molar-refractivity contribution in [3.8, 4) is 0 Å². The van der Waals surface area contributed by atoms with Gasteiger partial charge in [-0.15, -0.1) is 22.9 Å². The third-order valence-electron chi connectivity index (χ3n) is 3.08. The summed E-state index contributed by atoms with van der Waals surface area (Å²) in [5.74, 6) is 1.11. The highest BCUT2D eigenvalue weighted by Crippen LogP contribution is 2.26. The standard InChI is InChI=1S/C14H11BrClFN2S/c15-10-6-12-13(7-11(10)17)19(14(18-12)3-4-16)8-9-2-1-5-20-9/h1-2,5-7H,3-4,8H2. The van der Waals surface area contributed by atoms with E-state index in [1.54, 1.807) is 17.4 Å². The molecule has 20 heavy (non-hydrogen) atoms. The van der Waals surface area contributed by atoms with Gasteiger partial charge in [0.1, 0.15) is 11.6 Å². The number of aromatic nitrogens is 2. The lowest BCUT2D eigenvalue weighted by molar-refractivity contribution is 0.621. The smallest absolute Gasteiger partial charge is 0.139 e. The summed E-state index contributed by atoms with van der Waals surface area (Å²) in [6.07, 6.45) is 0.668. The maximum Gasteiger partial charge on any atom is 0.139 e. The van der Waals surface area contributed by atoms with E-state index in [0.717, 1.165) is 16.9 Å². The number of fused-ring (bicyclic) bond motifs is 1. The fraction of sp³-hybridized carbons (Fsp3) is 0.214. The molecule has 0 saturated carbocycles. The van der Waals surface area contributed by atoms with E-state index in [1.807, 2.05) is 16.0 Å². The van der Waals surface area contributed by atoms with Gasteiger partial charge in [0, 0.05) is 23.2 Å². The predicted molar refractivity (Wildman–Crippen MR) is 85.2 cm³/mol. The molecular formula is C14H11BrClFN2S. The van der Waals surface area contributed by atoms with Crippen LogP contribution in [0.5, 0.6) is 0 Å². The number of hydrogen-bond donors (Lipinski definition) is 0. The Hall–Kier alpha value is -0.910. The van der Waals surface area contributed by atoms with Crippen molar-refractivity contribution in [3.63, 3.8) is 0 Å². The molecule has 0 aliphatic carbocycles. The second-order valence-corrected chi connectivity index (χ2v) is 6.65. The van der Waals surface area contributed by atoms with E-state index >= 15 is 0 Å². The van der Waals surface area contributed by atoms with Crippen LogP contribution in [-0.2, 0) is 13.0 Å². The average Bonchev–Trinajstić information content (AvgIpc) is 3.02. The van der Waals surface area contributed by atoms with Gasteiger partial charge in [0.15, 0.2) is 0 Å². The molecule has 2 nitrogen and oxygen atoms in total. The molecule has 0 unspecified atom stereocenters. The largest absolute Gasteiger partial charge is 0.323 e. The fourth-order valence-electron chi connectivity index (χ4n) is 2.18. The van der Waals surface area contributed by atoms with Crippen LogP contribution in [0, 0.1) is 5.82 Å². The summed E-state index contributed by atoms with van der Waals surface area (Å²) in [4.78, 5) is 5.78. The number of rotatable bonds is 4. The van der Waals surface area contributed by atoms with Crippen molar-refractivity contribution in [2.45, 2.75) is 13.0 Å². The van der Waals surface area contributed by atoms with E-state index in [1.165, 1.54) is 10.9 Å². The van der Waals surface area contributed by atoms with Crippen molar-refractivity contribution in [1.29, 1.82) is 0 Å². The van der Waals surface area contributed by atoms with Crippen LogP contribution in [0.4, 0.5) is 4.39 Å². The van der Waals surface area contributed by atoms with Gasteiger partial charge in [0.25, 0.3) is 0 Å².